The lowest BCUT2D eigenvalue weighted by Gasteiger charge is -2.32. The monoisotopic (exact) mass is 449 g/mol. The van der Waals surface area contributed by atoms with Gasteiger partial charge in [-0.1, -0.05) is 23.7 Å². The SMILES string of the molecule is Cc1cc(C)nc(Nc2ccc(C3CCCN(C(=O)CCc4cccc(Cl)c4)C3)nc2)n1. The van der Waals surface area contributed by atoms with Crippen LogP contribution in [0.2, 0.25) is 5.02 Å². The lowest BCUT2D eigenvalue weighted by Crippen LogP contribution is -2.39. The predicted octanol–water partition coefficient (Wildman–Crippen LogP) is 5.22. The van der Waals surface area contributed by atoms with Crippen molar-refractivity contribution in [3.8, 4) is 0 Å². The van der Waals surface area contributed by atoms with E-state index in [9.17, 15) is 4.79 Å². The highest BCUT2D eigenvalue weighted by atomic mass is 35.5. The molecule has 0 spiro atoms. The number of hydrogen-bond acceptors (Lipinski definition) is 5. The molecule has 166 valence electrons. The Morgan fingerprint density at radius 3 is 2.69 bits per heavy atom. The highest BCUT2D eigenvalue weighted by Gasteiger charge is 2.25. The number of pyridine rings is 1. The maximum Gasteiger partial charge on any atom is 0.227 e. The number of amides is 1. The average Bonchev–Trinajstić information content (AvgIpc) is 2.77. The summed E-state index contributed by atoms with van der Waals surface area (Å²) >= 11 is 6.05. The number of nitrogens with one attached hydrogen (secondary N) is 1. The summed E-state index contributed by atoms with van der Waals surface area (Å²) in [4.78, 5) is 28.3. The third-order valence-electron chi connectivity index (χ3n) is 5.73. The molecule has 1 atom stereocenters. The van der Waals surface area contributed by atoms with Crippen molar-refractivity contribution in [2.24, 2.45) is 0 Å². The summed E-state index contributed by atoms with van der Waals surface area (Å²) in [7, 11) is 0. The molecule has 0 bridgehead atoms. The van der Waals surface area contributed by atoms with Gasteiger partial charge < -0.3 is 10.2 Å². The summed E-state index contributed by atoms with van der Waals surface area (Å²) in [5.74, 6) is 1.02. The summed E-state index contributed by atoms with van der Waals surface area (Å²) in [6.45, 7) is 5.43. The van der Waals surface area contributed by atoms with Crippen LogP contribution in [0.1, 0.15) is 47.8 Å². The predicted molar refractivity (Wildman–Crippen MR) is 127 cm³/mol. The number of aromatic nitrogens is 3. The smallest absolute Gasteiger partial charge is 0.227 e. The summed E-state index contributed by atoms with van der Waals surface area (Å²) in [5.41, 5.74) is 4.81. The van der Waals surface area contributed by atoms with Gasteiger partial charge >= 0.3 is 0 Å². The molecule has 0 aliphatic carbocycles. The fourth-order valence-electron chi connectivity index (χ4n) is 4.18. The standard InChI is InChI=1S/C25H28ClN5O/c1-17-13-18(2)29-25(28-17)30-22-9-10-23(27-15-22)20-6-4-12-31(16-20)24(32)11-8-19-5-3-7-21(26)14-19/h3,5,7,9-10,13-15,20H,4,6,8,11-12,16H2,1-2H3,(H,28,29,30). The zero-order valence-corrected chi connectivity index (χ0v) is 19.3. The third kappa shape index (κ3) is 5.82. The fourth-order valence-corrected chi connectivity index (χ4v) is 4.39. The molecule has 3 aromatic rings. The number of anilines is 2. The first kappa shape index (κ1) is 22.2. The molecule has 1 fully saturated rings. The minimum atomic E-state index is 0.194. The van der Waals surface area contributed by atoms with Gasteiger partial charge in [-0.2, -0.15) is 0 Å². The number of carbonyl (C=O) groups excluding carboxylic acids is 1. The number of aryl methyl sites for hydroxylation is 3. The molecule has 32 heavy (non-hydrogen) atoms. The Bertz CT molecular complexity index is 1070. The number of carbonyl (C=O) groups is 1. The van der Waals surface area contributed by atoms with E-state index in [4.69, 9.17) is 11.6 Å². The quantitative estimate of drug-likeness (QED) is 0.558. The molecule has 1 amide bonds. The molecular formula is C25H28ClN5O. The van der Waals surface area contributed by atoms with Gasteiger partial charge in [0.2, 0.25) is 11.9 Å². The van der Waals surface area contributed by atoms with Crippen LogP contribution in [0.15, 0.2) is 48.7 Å². The first-order chi connectivity index (χ1) is 15.5. The minimum Gasteiger partial charge on any atom is -0.342 e. The Morgan fingerprint density at radius 2 is 1.97 bits per heavy atom. The number of likely N-dealkylation sites (tertiary alicyclic amines) is 1. The van der Waals surface area contributed by atoms with Crippen LogP contribution in [0.4, 0.5) is 11.6 Å². The Morgan fingerprint density at radius 1 is 1.16 bits per heavy atom. The molecule has 0 radical (unpaired) electrons. The molecule has 4 rings (SSSR count). The van der Waals surface area contributed by atoms with Crippen LogP contribution in [-0.4, -0.2) is 38.8 Å². The largest absolute Gasteiger partial charge is 0.342 e. The Labute approximate surface area is 194 Å². The summed E-state index contributed by atoms with van der Waals surface area (Å²) in [6.07, 6.45) is 5.05. The molecule has 7 heteroatoms. The van der Waals surface area contributed by atoms with Gasteiger partial charge in [0.05, 0.1) is 11.9 Å². The van der Waals surface area contributed by atoms with Gasteiger partial charge in [0, 0.05) is 47.5 Å². The molecular weight excluding hydrogens is 422 g/mol. The Kier molecular flexibility index (Phi) is 7.00. The second-order valence-electron chi connectivity index (χ2n) is 8.38. The lowest BCUT2D eigenvalue weighted by atomic mass is 9.94. The second-order valence-corrected chi connectivity index (χ2v) is 8.82. The van der Waals surface area contributed by atoms with Gasteiger partial charge in [0.15, 0.2) is 0 Å². The van der Waals surface area contributed by atoms with Crippen molar-refractivity contribution in [3.63, 3.8) is 0 Å². The summed E-state index contributed by atoms with van der Waals surface area (Å²) < 4.78 is 0. The molecule has 1 saturated heterocycles. The first-order valence-electron chi connectivity index (χ1n) is 11.0. The van der Waals surface area contributed by atoms with Gasteiger partial charge in [-0.3, -0.25) is 9.78 Å². The van der Waals surface area contributed by atoms with E-state index in [0.29, 0.717) is 30.4 Å². The topological polar surface area (TPSA) is 71.0 Å². The molecule has 0 saturated carbocycles. The highest BCUT2D eigenvalue weighted by Crippen LogP contribution is 2.27. The number of nitrogens with zero attached hydrogens (tertiary/aromatic N) is 4. The van der Waals surface area contributed by atoms with E-state index >= 15 is 0 Å². The number of piperidine rings is 1. The van der Waals surface area contributed by atoms with Crippen molar-refractivity contribution < 1.29 is 4.79 Å². The van der Waals surface area contributed by atoms with Gasteiger partial charge in [-0.25, -0.2) is 9.97 Å². The van der Waals surface area contributed by atoms with Crippen LogP contribution in [0.25, 0.3) is 0 Å². The zero-order chi connectivity index (χ0) is 22.5. The first-order valence-corrected chi connectivity index (χ1v) is 11.4. The van der Waals surface area contributed by atoms with Crippen molar-refractivity contribution in [1.29, 1.82) is 0 Å². The molecule has 1 aromatic carbocycles. The number of halogens is 1. The van der Waals surface area contributed by atoms with Crippen molar-refractivity contribution in [2.75, 3.05) is 18.4 Å². The maximum atomic E-state index is 12.8. The van der Waals surface area contributed by atoms with E-state index in [-0.39, 0.29) is 11.8 Å². The van der Waals surface area contributed by atoms with Crippen LogP contribution in [0, 0.1) is 13.8 Å². The van der Waals surface area contributed by atoms with E-state index in [1.54, 1.807) is 0 Å². The zero-order valence-electron chi connectivity index (χ0n) is 18.5. The molecule has 1 unspecified atom stereocenters. The van der Waals surface area contributed by atoms with E-state index < -0.39 is 0 Å². The average molecular weight is 450 g/mol. The number of hydrogen-bond donors (Lipinski definition) is 1. The second kappa shape index (κ2) is 10.1. The van der Waals surface area contributed by atoms with Gasteiger partial charge in [-0.05, 0) is 69.0 Å². The molecule has 1 aliphatic heterocycles. The van der Waals surface area contributed by atoms with Crippen molar-refractivity contribution in [2.45, 2.75) is 45.4 Å². The van der Waals surface area contributed by atoms with Crippen LogP contribution in [0.3, 0.4) is 0 Å². The highest BCUT2D eigenvalue weighted by molar-refractivity contribution is 6.30. The van der Waals surface area contributed by atoms with Gasteiger partial charge in [0.25, 0.3) is 0 Å². The lowest BCUT2D eigenvalue weighted by molar-refractivity contribution is -0.132. The van der Waals surface area contributed by atoms with Crippen molar-refractivity contribution in [1.82, 2.24) is 19.9 Å². The van der Waals surface area contributed by atoms with Gasteiger partial charge in [-0.15, -0.1) is 0 Å². The van der Waals surface area contributed by atoms with Crippen LogP contribution in [0.5, 0.6) is 0 Å². The van der Waals surface area contributed by atoms with Crippen molar-refractivity contribution in [3.05, 3.63) is 76.3 Å². The Balaban J connectivity index is 1.34. The van der Waals surface area contributed by atoms with E-state index in [0.717, 1.165) is 47.7 Å². The van der Waals surface area contributed by atoms with E-state index in [1.165, 1.54) is 0 Å². The molecule has 1 N–H and O–H groups in total. The van der Waals surface area contributed by atoms with Crippen LogP contribution >= 0.6 is 11.6 Å². The number of rotatable bonds is 6. The van der Waals surface area contributed by atoms with Crippen LogP contribution < -0.4 is 5.32 Å². The van der Waals surface area contributed by atoms with E-state index in [2.05, 4.69) is 20.3 Å². The molecule has 3 heterocycles. The molecule has 6 nitrogen and oxygen atoms in total. The van der Waals surface area contributed by atoms with E-state index in [1.807, 2.05) is 67.4 Å². The van der Waals surface area contributed by atoms with Gasteiger partial charge in [0.1, 0.15) is 0 Å². The fraction of sp³-hybridized carbons (Fsp3) is 0.360. The Hall–Kier alpha value is -2.99. The number of benzene rings is 1. The molecule has 2 aromatic heterocycles. The van der Waals surface area contributed by atoms with Crippen molar-refractivity contribution >= 4 is 29.1 Å². The maximum absolute atomic E-state index is 12.8. The normalized spacial score (nSPS) is 16.1. The molecule has 1 aliphatic rings. The van der Waals surface area contributed by atoms with Crippen LogP contribution in [-0.2, 0) is 11.2 Å². The summed E-state index contributed by atoms with van der Waals surface area (Å²) in [5, 5.41) is 3.93. The minimum absolute atomic E-state index is 0.194. The summed E-state index contributed by atoms with van der Waals surface area (Å²) in [6, 6.07) is 13.7. The third-order valence-corrected chi connectivity index (χ3v) is 5.97.